The minimum atomic E-state index is -0.220. The molecule has 0 amide bonds. The van der Waals surface area contributed by atoms with Gasteiger partial charge in [0, 0.05) is 29.3 Å². The number of rotatable bonds is 6. The molecule has 0 N–H and O–H groups in total. The molecule has 3 heterocycles. The molecule has 0 saturated carbocycles. The molecule has 41 heavy (non-hydrogen) atoms. The molecule has 0 bridgehead atoms. The van der Waals surface area contributed by atoms with Gasteiger partial charge in [-0.05, 0) is 94.0 Å². The fourth-order valence-electron chi connectivity index (χ4n) is 4.79. The molecule has 0 saturated heterocycles. The Bertz CT molecular complexity index is 1780. The largest absolute Gasteiger partial charge is 0.207 e. The first kappa shape index (κ1) is 25.8. The molecule has 4 aromatic carbocycles. The van der Waals surface area contributed by atoms with E-state index in [0.717, 1.165) is 22.3 Å². The minimum absolute atomic E-state index is 0.220. The summed E-state index contributed by atoms with van der Waals surface area (Å²) in [6.45, 7) is 0. The van der Waals surface area contributed by atoms with E-state index in [1.165, 1.54) is 64.7 Å². The van der Waals surface area contributed by atoms with Crippen molar-refractivity contribution >= 4 is 34.0 Å². The lowest BCUT2D eigenvalue weighted by molar-refractivity contribution is 0.627. The number of halogens is 2. The van der Waals surface area contributed by atoms with Gasteiger partial charge in [0.15, 0.2) is 0 Å². The summed E-state index contributed by atoms with van der Waals surface area (Å²) in [6.07, 6.45) is 0. The second kappa shape index (κ2) is 11.0. The summed E-state index contributed by atoms with van der Waals surface area (Å²) in [7, 11) is 0. The van der Waals surface area contributed by atoms with E-state index in [2.05, 4.69) is 84.9 Å². The third-order valence-electron chi connectivity index (χ3n) is 7.00. The summed E-state index contributed by atoms with van der Waals surface area (Å²) in [4.78, 5) is 7.49. The van der Waals surface area contributed by atoms with Gasteiger partial charge in [-0.15, -0.1) is 34.0 Å². The third kappa shape index (κ3) is 5.44. The fraction of sp³-hybridized carbons (Fsp3) is 0. The molecule has 0 aliphatic rings. The van der Waals surface area contributed by atoms with Crippen molar-refractivity contribution in [2.24, 2.45) is 0 Å². The van der Waals surface area contributed by atoms with Gasteiger partial charge in [-0.25, -0.2) is 8.78 Å². The maximum atomic E-state index is 13.3. The minimum Gasteiger partial charge on any atom is -0.207 e. The highest BCUT2D eigenvalue weighted by atomic mass is 32.1. The van der Waals surface area contributed by atoms with Gasteiger partial charge >= 0.3 is 0 Å². The number of hydrogen-bond acceptors (Lipinski definition) is 3. The van der Waals surface area contributed by atoms with Crippen molar-refractivity contribution in [2.75, 3.05) is 0 Å². The van der Waals surface area contributed by atoms with Crippen LogP contribution in [0, 0.1) is 11.6 Å². The third-order valence-corrected chi connectivity index (χ3v) is 10.7. The van der Waals surface area contributed by atoms with Crippen LogP contribution in [-0.4, -0.2) is 0 Å². The quantitative estimate of drug-likeness (QED) is 0.181. The number of hydrogen-bond donors (Lipinski definition) is 0. The van der Waals surface area contributed by atoms with E-state index in [1.807, 2.05) is 35.6 Å². The van der Waals surface area contributed by atoms with E-state index in [9.17, 15) is 8.78 Å². The fourth-order valence-corrected chi connectivity index (χ4v) is 8.00. The highest BCUT2D eigenvalue weighted by Gasteiger charge is 2.12. The van der Waals surface area contributed by atoms with Crippen LogP contribution in [0.4, 0.5) is 8.78 Å². The van der Waals surface area contributed by atoms with Gasteiger partial charge in [-0.2, -0.15) is 0 Å². The Labute approximate surface area is 249 Å². The molecule has 7 rings (SSSR count). The van der Waals surface area contributed by atoms with E-state index in [1.54, 1.807) is 22.7 Å². The van der Waals surface area contributed by atoms with Crippen LogP contribution < -0.4 is 0 Å². The molecule has 0 nitrogen and oxygen atoms in total. The van der Waals surface area contributed by atoms with Gasteiger partial charge in [0.2, 0.25) is 0 Å². The van der Waals surface area contributed by atoms with Crippen LogP contribution in [0.5, 0.6) is 0 Å². The Balaban J connectivity index is 1.06. The lowest BCUT2D eigenvalue weighted by Crippen LogP contribution is -1.79. The van der Waals surface area contributed by atoms with E-state index < -0.39 is 0 Å². The summed E-state index contributed by atoms with van der Waals surface area (Å²) in [6, 6.07) is 43.3. The van der Waals surface area contributed by atoms with E-state index in [4.69, 9.17) is 0 Å². The Morgan fingerprint density at radius 3 is 0.780 bits per heavy atom. The van der Waals surface area contributed by atoms with E-state index in [-0.39, 0.29) is 11.6 Å². The van der Waals surface area contributed by atoms with Gasteiger partial charge in [0.1, 0.15) is 11.6 Å². The molecule has 198 valence electrons. The van der Waals surface area contributed by atoms with Gasteiger partial charge in [0.25, 0.3) is 0 Å². The maximum Gasteiger partial charge on any atom is 0.123 e. The maximum absolute atomic E-state index is 13.3. The van der Waals surface area contributed by atoms with Crippen molar-refractivity contribution in [1.29, 1.82) is 0 Å². The van der Waals surface area contributed by atoms with Gasteiger partial charge in [-0.3, -0.25) is 0 Å². The normalized spacial score (nSPS) is 11.2. The van der Waals surface area contributed by atoms with Crippen molar-refractivity contribution in [3.63, 3.8) is 0 Å². The molecule has 0 radical (unpaired) electrons. The average molecular weight is 589 g/mol. The van der Waals surface area contributed by atoms with Crippen molar-refractivity contribution in [2.45, 2.75) is 0 Å². The van der Waals surface area contributed by atoms with E-state index in [0.29, 0.717) is 0 Å². The van der Waals surface area contributed by atoms with Crippen LogP contribution in [0.25, 0.3) is 62.6 Å². The predicted molar refractivity (Wildman–Crippen MR) is 173 cm³/mol. The second-order valence-corrected chi connectivity index (χ2v) is 12.9. The first-order valence-corrected chi connectivity index (χ1v) is 15.6. The van der Waals surface area contributed by atoms with Crippen molar-refractivity contribution in [3.05, 3.63) is 145 Å². The zero-order valence-corrected chi connectivity index (χ0v) is 24.1. The molecule has 0 spiro atoms. The zero-order chi connectivity index (χ0) is 27.8. The Morgan fingerprint density at radius 1 is 0.244 bits per heavy atom. The Morgan fingerprint density at radius 2 is 0.463 bits per heavy atom. The Kier molecular flexibility index (Phi) is 6.93. The topological polar surface area (TPSA) is 0 Å². The summed E-state index contributed by atoms with van der Waals surface area (Å²) in [5.74, 6) is -0.441. The zero-order valence-electron chi connectivity index (χ0n) is 21.7. The lowest BCUT2D eigenvalue weighted by Gasteiger charge is -2.03. The summed E-state index contributed by atoms with van der Waals surface area (Å²) in [5, 5.41) is 0. The van der Waals surface area contributed by atoms with Gasteiger partial charge in [0.05, 0.1) is 0 Å². The van der Waals surface area contributed by atoms with Crippen LogP contribution >= 0.6 is 34.0 Å². The summed E-state index contributed by atoms with van der Waals surface area (Å²) in [5.41, 5.74) is 6.53. The highest BCUT2D eigenvalue weighted by Crippen LogP contribution is 2.43. The second-order valence-electron chi connectivity index (χ2n) is 9.66. The smallest absolute Gasteiger partial charge is 0.123 e. The average Bonchev–Trinajstić information content (AvgIpc) is 3.79. The molecule has 0 aliphatic carbocycles. The number of thiophene rings is 3. The van der Waals surface area contributed by atoms with Crippen molar-refractivity contribution < 1.29 is 8.78 Å². The predicted octanol–water partition coefficient (Wildman–Crippen LogP) is 12.2. The van der Waals surface area contributed by atoms with Gasteiger partial charge < -0.3 is 0 Å². The van der Waals surface area contributed by atoms with Crippen LogP contribution in [0.1, 0.15) is 0 Å². The van der Waals surface area contributed by atoms with Crippen LogP contribution in [-0.2, 0) is 0 Å². The molecule has 0 aliphatic heterocycles. The molecule has 5 heteroatoms. The van der Waals surface area contributed by atoms with Crippen molar-refractivity contribution in [3.8, 4) is 62.6 Å². The molecule has 7 aromatic rings. The molecular weight excluding hydrogens is 567 g/mol. The number of benzene rings is 4. The lowest BCUT2D eigenvalue weighted by atomic mass is 10.0. The molecule has 0 unspecified atom stereocenters. The van der Waals surface area contributed by atoms with Crippen LogP contribution in [0.2, 0.25) is 0 Å². The van der Waals surface area contributed by atoms with Crippen molar-refractivity contribution in [1.82, 2.24) is 0 Å². The van der Waals surface area contributed by atoms with Gasteiger partial charge in [-0.1, -0.05) is 72.8 Å². The standard InChI is InChI=1S/C36H22F2S3/c37-29-13-9-25(10-14-29)23-1-5-27(6-2-23)31-17-19-33(39-31)35-21-22-36(41-35)34-20-18-32(40-34)28-7-3-24(4-8-28)26-11-15-30(38)16-12-26/h1-22H. The monoisotopic (exact) mass is 588 g/mol. The summed E-state index contributed by atoms with van der Waals surface area (Å²) < 4.78 is 26.5. The molecule has 3 aromatic heterocycles. The van der Waals surface area contributed by atoms with Crippen LogP contribution in [0.3, 0.4) is 0 Å². The molecular formula is C36H22F2S3. The first-order valence-electron chi connectivity index (χ1n) is 13.1. The molecule has 0 fully saturated rings. The first-order chi connectivity index (χ1) is 20.1. The summed E-state index contributed by atoms with van der Waals surface area (Å²) >= 11 is 5.41. The van der Waals surface area contributed by atoms with Crippen LogP contribution in [0.15, 0.2) is 133 Å². The SMILES string of the molecule is Fc1ccc(-c2ccc(-c3ccc(-c4ccc(-c5ccc(-c6ccc(-c7ccc(F)cc7)cc6)s5)s4)s3)cc2)cc1. The highest BCUT2D eigenvalue weighted by molar-refractivity contribution is 7.27. The Hall–Kier alpha value is -4.16. The molecule has 0 atom stereocenters. The van der Waals surface area contributed by atoms with E-state index >= 15 is 0 Å².